The van der Waals surface area contributed by atoms with Gasteiger partial charge in [-0.25, -0.2) is 0 Å². The fraction of sp³-hybridized carbons (Fsp3) is 0.571. The molecule has 1 aliphatic rings. The van der Waals surface area contributed by atoms with E-state index in [0.29, 0.717) is 5.75 Å². The van der Waals surface area contributed by atoms with Crippen LogP contribution in [0.15, 0.2) is 17.0 Å². The van der Waals surface area contributed by atoms with Crippen LogP contribution in [0.2, 0.25) is 0 Å². The SMILES string of the molecule is CSc1ccc(C)c(O)c1C1(N)CCCCC1. The van der Waals surface area contributed by atoms with E-state index in [-0.39, 0.29) is 5.54 Å². The van der Waals surface area contributed by atoms with E-state index >= 15 is 0 Å². The first kappa shape index (κ1) is 12.8. The van der Waals surface area contributed by atoms with Gasteiger partial charge in [0.2, 0.25) is 0 Å². The van der Waals surface area contributed by atoms with Crippen LogP contribution in [0.5, 0.6) is 5.75 Å². The van der Waals surface area contributed by atoms with Crippen LogP contribution in [0.1, 0.15) is 43.2 Å². The second kappa shape index (κ2) is 4.91. The van der Waals surface area contributed by atoms with Crippen molar-refractivity contribution in [1.82, 2.24) is 0 Å². The van der Waals surface area contributed by atoms with Crippen molar-refractivity contribution in [2.75, 3.05) is 6.26 Å². The number of phenolic OH excluding ortho intramolecular Hbond substituents is 1. The van der Waals surface area contributed by atoms with Gasteiger partial charge in [-0.1, -0.05) is 25.3 Å². The molecule has 1 fully saturated rings. The summed E-state index contributed by atoms with van der Waals surface area (Å²) in [6.07, 6.45) is 7.60. The van der Waals surface area contributed by atoms with Gasteiger partial charge in [-0.15, -0.1) is 11.8 Å². The van der Waals surface area contributed by atoms with Gasteiger partial charge in [0.25, 0.3) is 0 Å². The molecule has 1 aromatic rings. The molecule has 0 aromatic heterocycles. The molecule has 0 saturated heterocycles. The number of nitrogens with two attached hydrogens (primary N) is 1. The lowest BCUT2D eigenvalue weighted by Gasteiger charge is -2.36. The predicted molar refractivity (Wildman–Crippen MR) is 73.6 cm³/mol. The summed E-state index contributed by atoms with van der Waals surface area (Å²) in [6.45, 7) is 1.94. The second-order valence-corrected chi connectivity index (χ2v) is 5.87. The molecule has 94 valence electrons. The van der Waals surface area contributed by atoms with Gasteiger partial charge in [-0.05, 0) is 37.7 Å². The number of hydrogen-bond acceptors (Lipinski definition) is 3. The van der Waals surface area contributed by atoms with Crippen molar-refractivity contribution in [1.29, 1.82) is 0 Å². The Morgan fingerprint density at radius 2 is 1.88 bits per heavy atom. The molecule has 0 aliphatic heterocycles. The van der Waals surface area contributed by atoms with E-state index in [1.165, 1.54) is 6.42 Å². The fourth-order valence-corrected chi connectivity index (χ4v) is 3.47. The molecule has 2 nitrogen and oxygen atoms in total. The second-order valence-electron chi connectivity index (χ2n) is 5.03. The minimum Gasteiger partial charge on any atom is -0.507 e. The Kier molecular flexibility index (Phi) is 3.69. The van der Waals surface area contributed by atoms with E-state index in [4.69, 9.17) is 5.73 Å². The highest BCUT2D eigenvalue weighted by atomic mass is 32.2. The van der Waals surface area contributed by atoms with Crippen molar-refractivity contribution in [2.45, 2.75) is 49.5 Å². The average Bonchev–Trinajstić information content (AvgIpc) is 2.33. The normalized spacial score (nSPS) is 19.2. The number of aryl methyl sites for hydroxylation is 1. The van der Waals surface area contributed by atoms with E-state index in [1.54, 1.807) is 11.8 Å². The predicted octanol–water partition coefficient (Wildman–Crippen LogP) is 3.54. The van der Waals surface area contributed by atoms with Gasteiger partial charge >= 0.3 is 0 Å². The summed E-state index contributed by atoms with van der Waals surface area (Å²) >= 11 is 1.67. The average molecular weight is 251 g/mol. The van der Waals surface area contributed by atoms with Crippen LogP contribution in [0, 0.1) is 6.92 Å². The van der Waals surface area contributed by atoms with Gasteiger partial charge in [0.1, 0.15) is 5.75 Å². The number of hydrogen-bond donors (Lipinski definition) is 2. The molecule has 3 N–H and O–H groups in total. The fourth-order valence-electron chi connectivity index (χ4n) is 2.76. The minimum absolute atomic E-state index is 0.327. The molecule has 2 rings (SSSR count). The zero-order valence-electron chi connectivity index (χ0n) is 10.6. The first-order valence-corrected chi connectivity index (χ1v) is 7.47. The Balaban J connectivity index is 2.51. The highest BCUT2D eigenvalue weighted by Gasteiger charge is 2.34. The quantitative estimate of drug-likeness (QED) is 0.790. The molecule has 0 radical (unpaired) electrons. The van der Waals surface area contributed by atoms with Gasteiger partial charge in [0, 0.05) is 16.0 Å². The number of aromatic hydroxyl groups is 1. The molecular weight excluding hydrogens is 230 g/mol. The molecule has 0 unspecified atom stereocenters. The van der Waals surface area contributed by atoms with Crippen LogP contribution in [0.3, 0.4) is 0 Å². The smallest absolute Gasteiger partial charge is 0.124 e. The van der Waals surface area contributed by atoms with Crippen LogP contribution in [-0.2, 0) is 5.54 Å². The topological polar surface area (TPSA) is 46.2 Å². The Morgan fingerprint density at radius 3 is 2.47 bits per heavy atom. The Morgan fingerprint density at radius 1 is 1.24 bits per heavy atom. The van der Waals surface area contributed by atoms with Gasteiger partial charge < -0.3 is 10.8 Å². The first-order chi connectivity index (χ1) is 8.08. The molecule has 0 atom stereocenters. The number of benzene rings is 1. The maximum Gasteiger partial charge on any atom is 0.124 e. The Bertz CT molecular complexity index is 411. The van der Waals surface area contributed by atoms with E-state index in [0.717, 1.165) is 41.7 Å². The third-order valence-corrected chi connectivity index (χ3v) is 4.59. The van der Waals surface area contributed by atoms with Crippen molar-refractivity contribution >= 4 is 11.8 Å². The minimum atomic E-state index is -0.327. The van der Waals surface area contributed by atoms with E-state index < -0.39 is 0 Å². The first-order valence-electron chi connectivity index (χ1n) is 6.24. The van der Waals surface area contributed by atoms with Gasteiger partial charge in [0.05, 0.1) is 0 Å². The molecule has 1 aromatic carbocycles. The lowest BCUT2D eigenvalue weighted by Crippen LogP contribution is -2.39. The maximum absolute atomic E-state index is 10.3. The Hall–Kier alpha value is -0.670. The summed E-state index contributed by atoms with van der Waals surface area (Å²) in [7, 11) is 0. The molecule has 1 saturated carbocycles. The number of rotatable bonds is 2. The van der Waals surface area contributed by atoms with Crippen LogP contribution < -0.4 is 5.73 Å². The molecule has 0 amide bonds. The van der Waals surface area contributed by atoms with Crippen molar-refractivity contribution in [2.24, 2.45) is 5.73 Å². The molecule has 3 heteroatoms. The molecule has 0 bridgehead atoms. The van der Waals surface area contributed by atoms with Crippen molar-refractivity contribution in [3.63, 3.8) is 0 Å². The zero-order chi connectivity index (χ0) is 12.5. The molecule has 1 aliphatic carbocycles. The Labute approximate surface area is 108 Å². The highest BCUT2D eigenvalue weighted by molar-refractivity contribution is 7.98. The van der Waals surface area contributed by atoms with Gasteiger partial charge in [-0.3, -0.25) is 0 Å². The third-order valence-electron chi connectivity index (χ3n) is 3.81. The summed E-state index contributed by atoms with van der Waals surface area (Å²) < 4.78 is 0. The monoisotopic (exact) mass is 251 g/mol. The summed E-state index contributed by atoms with van der Waals surface area (Å²) in [5, 5.41) is 10.3. The van der Waals surface area contributed by atoms with Crippen molar-refractivity contribution < 1.29 is 5.11 Å². The maximum atomic E-state index is 10.3. The summed E-state index contributed by atoms with van der Waals surface area (Å²) in [5.41, 5.74) is 8.13. The van der Waals surface area contributed by atoms with Crippen molar-refractivity contribution in [3.8, 4) is 5.75 Å². The third kappa shape index (κ3) is 2.31. The van der Waals surface area contributed by atoms with Crippen LogP contribution in [0.4, 0.5) is 0 Å². The zero-order valence-corrected chi connectivity index (χ0v) is 11.4. The lowest BCUT2D eigenvalue weighted by molar-refractivity contribution is 0.287. The molecular formula is C14H21NOS. The van der Waals surface area contributed by atoms with Crippen molar-refractivity contribution in [3.05, 3.63) is 23.3 Å². The summed E-state index contributed by atoms with van der Waals surface area (Å²) in [4.78, 5) is 1.12. The molecule has 17 heavy (non-hydrogen) atoms. The van der Waals surface area contributed by atoms with Crippen LogP contribution in [-0.4, -0.2) is 11.4 Å². The standard InChI is InChI=1S/C14H21NOS/c1-10-6-7-11(17-2)12(13(10)16)14(15)8-4-3-5-9-14/h6-7,16H,3-5,8-9,15H2,1-2H3. The largest absolute Gasteiger partial charge is 0.507 e. The van der Waals surface area contributed by atoms with Gasteiger partial charge in [-0.2, -0.15) is 0 Å². The highest BCUT2D eigenvalue weighted by Crippen LogP contribution is 2.44. The van der Waals surface area contributed by atoms with E-state index in [1.807, 2.05) is 19.2 Å². The molecule has 0 heterocycles. The summed E-state index contributed by atoms with van der Waals surface area (Å²) in [5.74, 6) is 0.404. The van der Waals surface area contributed by atoms with Gasteiger partial charge in [0.15, 0.2) is 0 Å². The van der Waals surface area contributed by atoms with Crippen LogP contribution >= 0.6 is 11.8 Å². The van der Waals surface area contributed by atoms with E-state index in [2.05, 4.69) is 6.07 Å². The number of phenols is 1. The van der Waals surface area contributed by atoms with E-state index in [9.17, 15) is 5.11 Å². The molecule has 0 spiro atoms. The summed E-state index contributed by atoms with van der Waals surface area (Å²) in [6, 6.07) is 4.05. The lowest BCUT2D eigenvalue weighted by atomic mass is 9.76. The number of thioether (sulfide) groups is 1. The van der Waals surface area contributed by atoms with Crippen LogP contribution in [0.25, 0.3) is 0 Å².